The fourth-order valence-corrected chi connectivity index (χ4v) is 5.49. The Morgan fingerprint density at radius 3 is 1.79 bits per heavy atom. The predicted octanol–water partition coefficient (Wildman–Crippen LogP) is 4.47. The maximum atomic E-state index is 10.7. The number of hydrogen-bond acceptors (Lipinski definition) is 5. The summed E-state index contributed by atoms with van der Waals surface area (Å²) in [5.41, 5.74) is 1.96. The zero-order chi connectivity index (χ0) is 23.3. The van der Waals surface area contributed by atoms with E-state index in [9.17, 15) is 5.11 Å². The molecule has 1 N–H and O–H groups in total. The minimum atomic E-state index is -0.918. The molecular formula is C27H29O5SeU-. The number of aliphatic hydroxyl groups is 1. The standard InChI is InChI=1S/C27H29O5Se.U/c1-29-22-13-9-20(10-14-22)27(19-7-5-4-6-8-19,21-11-15-23(30-2)16-12-21)32-17-24-26(28)25(33-3)18-31-24;/h4-16,18,24-26,28H,17H2,1-3H3;/q-1;/t24-,25?,26+;/m1./s1. The first-order valence-electron chi connectivity index (χ1n) is 10.8. The predicted molar refractivity (Wildman–Crippen MR) is 129 cm³/mol. The average molecular weight is 751 g/mol. The molecule has 1 heterocycles. The van der Waals surface area contributed by atoms with Gasteiger partial charge in [-0.3, -0.25) is 0 Å². The zero-order valence-electron chi connectivity index (χ0n) is 19.5. The van der Waals surface area contributed by atoms with Crippen molar-refractivity contribution in [3.05, 3.63) is 102 Å². The molecule has 1 unspecified atom stereocenters. The Kier molecular flexibility index (Phi) is 10.1. The topological polar surface area (TPSA) is 57.2 Å². The summed E-state index contributed by atoms with van der Waals surface area (Å²) in [5, 5.41) is 10.7. The van der Waals surface area contributed by atoms with Gasteiger partial charge in [0.25, 0.3) is 0 Å². The summed E-state index contributed by atoms with van der Waals surface area (Å²) < 4.78 is 23.4. The van der Waals surface area contributed by atoms with E-state index in [1.807, 2.05) is 66.7 Å². The second kappa shape index (κ2) is 12.6. The van der Waals surface area contributed by atoms with Crippen LogP contribution >= 0.6 is 0 Å². The third kappa shape index (κ3) is 5.58. The van der Waals surface area contributed by atoms with E-state index in [1.54, 1.807) is 20.8 Å². The second-order valence-electron chi connectivity index (χ2n) is 7.82. The monoisotopic (exact) mass is 751 g/mol. The van der Waals surface area contributed by atoms with Gasteiger partial charge < -0.3 is 0 Å². The van der Waals surface area contributed by atoms with Gasteiger partial charge in [-0.1, -0.05) is 0 Å². The largest absolute Gasteiger partial charge is 0 e. The van der Waals surface area contributed by atoms with Crippen molar-refractivity contribution in [3.8, 4) is 11.5 Å². The first-order valence-corrected chi connectivity index (χ1v) is 13.5. The summed E-state index contributed by atoms with van der Waals surface area (Å²) in [6, 6.07) is 25.9. The fourth-order valence-electron chi connectivity index (χ4n) is 4.17. The molecule has 0 aliphatic carbocycles. The molecule has 7 heteroatoms. The molecule has 34 heavy (non-hydrogen) atoms. The molecule has 3 atom stereocenters. The molecule has 0 radical (unpaired) electrons. The van der Waals surface area contributed by atoms with Gasteiger partial charge in [-0.25, -0.2) is 0 Å². The summed E-state index contributed by atoms with van der Waals surface area (Å²) >= 11 is 0.261. The number of methoxy groups -OCH3 is 2. The normalized spacial score (nSPS) is 19.9. The van der Waals surface area contributed by atoms with E-state index in [0.29, 0.717) is 0 Å². The summed E-state index contributed by atoms with van der Waals surface area (Å²) in [5.74, 6) is 3.65. The maximum Gasteiger partial charge on any atom is 0 e. The second-order valence-corrected chi connectivity index (χ2v) is 9.95. The van der Waals surface area contributed by atoms with Gasteiger partial charge in [0.15, 0.2) is 0 Å². The Morgan fingerprint density at radius 2 is 1.35 bits per heavy atom. The SMILES string of the molecule is COc1ccc(C(OC[C@H]2O[CH-]C([Se]C)[C@H]2O)(c2ccccc2)c2ccc(OC)cc2)cc1.[U]. The number of hydrogen-bond donors (Lipinski definition) is 1. The van der Waals surface area contributed by atoms with Crippen LogP contribution in [0.25, 0.3) is 0 Å². The molecule has 0 bridgehead atoms. The minimum absolute atomic E-state index is 0. The fraction of sp³-hybridized carbons (Fsp3) is 0.296. The Bertz CT molecular complexity index is 966. The van der Waals surface area contributed by atoms with Crippen LogP contribution in [-0.4, -0.2) is 53.1 Å². The van der Waals surface area contributed by atoms with E-state index in [0.717, 1.165) is 28.2 Å². The van der Waals surface area contributed by atoms with Crippen LogP contribution in [0.2, 0.25) is 10.6 Å². The van der Waals surface area contributed by atoms with Gasteiger partial charge in [-0.2, -0.15) is 0 Å². The summed E-state index contributed by atoms with van der Waals surface area (Å²) in [6.45, 7) is 2.00. The third-order valence-corrected chi connectivity index (χ3v) is 7.97. The van der Waals surface area contributed by atoms with Crippen molar-refractivity contribution in [2.45, 2.75) is 28.4 Å². The molecule has 0 aromatic heterocycles. The van der Waals surface area contributed by atoms with E-state index < -0.39 is 17.8 Å². The molecule has 0 saturated carbocycles. The number of ether oxygens (including phenoxy) is 4. The van der Waals surface area contributed by atoms with E-state index in [-0.39, 0.29) is 57.5 Å². The van der Waals surface area contributed by atoms with Crippen LogP contribution in [0.4, 0.5) is 0 Å². The first kappa shape index (κ1) is 27.3. The Morgan fingerprint density at radius 1 is 0.853 bits per heavy atom. The molecular weight excluding hydrogens is 721 g/mol. The minimum Gasteiger partial charge on any atom is 0 e. The van der Waals surface area contributed by atoms with Gasteiger partial charge in [0, 0.05) is 31.1 Å². The van der Waals surface area contributed by atoms with Crippen molar-refractivity contribution in [2.75, 3.05) is 20.8 Å². The molecule has 3 aromatic rings. The van der Waals surface area contributed by atoms with Gasteiger partial charge in [-0.05, 0) is 0 Å². The van der Waals surface area contributed by atoms with E-state index >= 15 is 0 Å². The van der Waals surface area contributed by atoms with Crippen LogP contribution in [0.1, 0.15) is 16.7 Å². The molecule has 1 saturated heterocycles. The smallest absolute Gasteiger partial charge is 0 e. The van der Waals surface area contributed by atoms with Gasteiger partial charge in [0.2, 0.25) is 0 Å². The molecule has 0 amide bonds. The Balaban J connectivity index is 0.00000324. The van der Waals surface area contributed by atoms with E-state index in [2.05, 4.69) is 18.0 Å². The van der Waals surface area contributed by atoms with Crippen LogP contribution in [0.5, 0.6) is 11.5 Å². The van der Waals surface area contributed by atoms with Crippen molar-refractivity contribution in [3.63, 3.8) is 0 Å². The van der Waals surface area contributed by atoms with Crippen molar-refractivity contribution < 1.29 is 55.2 Å². The molecule has 178 valence electrons. The first-order chi connectivity index (χ1) is 16.1. The van der Waals surface area contributed by atoms with E-state index in [4.69, 9.17) is 18.9 Å². The van der Waals surface area contributed by atoms with Gasteiger partial charge in [-0.15, -0.1) is 0 Å². The molecule has 5 nitrogen and oxygen atoms in total. The van der Waals surface area contributed by atoms with Crippen LogP contribution in [0.15, 0.2) is 78.9 Å². The Labute approximate surface area is 231 Å². The van der Waals surface area contributed by atoms with E-state index in [1.165, 1.54) is 0 Å². The van der Waals surface area contributed by atoms with Crippen LogP contribution in [0.3, 0.4) is 0 Å². The number of aliphatic hydroxyl groups excluding tert-OH is 1. The van der Waals surface area contributed by atoms with Crippen LogP contribution in [-0.2, 0) is 15.1 Å². The van der Waals surface area contributed by atoms with Crippen LogP contribution < -0.4 is 9.47 Å². The molecule has 1 aliphatic heterocycles. The van der Waals surface area contributed by atoms with Gasteiger partial charge in [0.05, 0.1) is 0 Å². The molecule has 4 rings (SSSR count). The summed E-state index contributed by atoms with van der Waals surface area (Å²) in [7, 11) is 3.31. The maximum absolute atomic E-state index is 10.7. The van der Waals surface area contributed by atoms with Crippen molar-refractivity contribution in [1.82, 2.24) is 0 Å². The quantitative estimate of drug-likeness (QED) is 0.199. The Hall–Kier alpha value is -1.29. The van der Waals surface area contributed by atoms with Gasteiger partial charge in [0.1, 0.15) is 0 Å². The molecule has 3 aromatic carbocycles. The summed E-state index contributed by atoms with van der Waals surface area (Å²) in [6.07, 6.45) is -0.994. The molecule has 1 fully saturated rings. The van der Waals surface area contributed by atoms with Crippen molar-refractivity contribution in [1.29, 1.82) is 0 Å². The zero-order valence-corrected chi connectivity index (χ0v) is 25.4. The number of rotatable bonds is 9. The van der Waals surface area contributed by atoms with Crippen molar-refractivity contribution in [2.24, 2.45) is 0 Å². The average Bonchev–Trinajstić information content (AvgIpc) is 3.25. The third-order valence-electron chi connectivity index (χ3n) is 6.01. The van der Waals surface area contributed by atoms with Crippen LogP contribution in [0, 0.1) is 37.7 Å². The summed E-state index contributed by atoms with van der Waals surface area (Å²) in [4.78, 5) is 0.0687. The molecule has 1 aliphatic rings. The molecule has 0 spiro atoms. The number of benzene rings is 3. The van der Waals surface area contributed by atoms with Gasteiger partial charge >= 0.3 is 202 Å². The van der Waals surface area contributed by atoms with Crippen molar-refractivity contribution >= 4 is 15.0 Å².